The fourth-order valence-electron chi connectivity index (χ4n) is 4.09. The van der Waals surface area contributed by atoms with Crippen molar-refractivity contribution < 1.29 is 9.53 Å². The maximum absolute atomic E-state index is 11.9. The van der Waals surface area contributed by atoms with Gasteiger partial charge >= 0.3 is 0 Å². The largest absolute Gasteiger partial charge is 0.494 e. The first kappa shape index (κ1) is 21.8. The van der Waals surface area contributed by atoms with Gasteiger partial charge in [-0.15, -0.1) is 0 Å². The third kappa shape index (κ3) is 4.05. The summed E-state index contributed by atoms with van der Waals surface area (Å²) in [6.45, 7) is 4.79. The Labute approximate surface area is 193 Å². The summed E-state index contributed by atoms with van der Waals surface area (Å²) in [5, 5.41) is 6.97. The van der Waals surface area contributed by atoms with Crippen LogP contribution in [-0.2, 0) is 11.3 Å². The molecule has 3 aromatic rings. The number of amides is 1. The van der Waals surface area contributed by atoms with E-state index in [0.29, 0.717) is 23.0 Å². The second-order valence-corrected chi connectivity index (χ2v) is 7.89. The zero-order valence-electron chi connectivity index (χ0n) is 18.4. The molecule has 4 rings (SSSR count). The molecular weight excluding hydrogens is 422 g/mol. The Kier molecular flexibility index (Phi) is 6.41. The summed E-state index contributed by atoms with van der Waals surface area (Å²) < 4.78 is 7.80. The molecule has 0 radical (unpaired) electrons. The lowest BCUT2D eigenvalue weighted by Gasteiger charge is -2.29. The normalized spacial score (nSPS) is 17.8. The first-order valence-electron chi connectivity index (χ1n) is 10.7. The molecule has 32 heavy (non-hydrogen) atoms. The highest BCUT2D eigenvalue weighted by Crippen LogP contribution is 2.43. The molecule has 1 aliphatic heterocycles. The third-order valence-corrected chi connectivity index (χ3v) is 5.98. The van der Waals surface area contributed by atoms with Crippen molar-refractivity contribution in [3.63, 3.8) is 0 Å². The highest BCUT2D eigenvalue weighted by molar-refractivity contribution is 7.80. The molecule has 2 unspecified atom stereocenters. The van der Waals surface area contributed by atoms with Crippen LogP contribution in [0.1, 0.15) is 43.7 Å². The highest BCUT2D eigenvalue weighted by atomic mass is 32.1. The van der Waals surface area contributed by atoms with Crippen molar-refractivity contribution in [1.29, 1.82) is 0 Å². The van der Waals surface area contributed by atoms with Crippen molar-refractivity contribution in [2.75, 3.05) is 17.3 Å². The number of nitrogens with zero attached hydrogens (tertiary/aromatic N) is 3. The summed E-state index contributed by atoms with van der Waals surface area (Å²) in [4.78, 5) is 18.6. The van der Waals surface area contributed by atoms with E-state index in [1.165, 1.54) is 0 Å². The zero-order valence-corrected chi connectivity index (χ0v) is 19.2. The van der Waals surface area contributed by atoms with Crippen LogP contribution < -0.4 is 20.3 Å². The number of aromatic nitrogens is 2. The van der Waals surface area contributed by atoms with Gasteiger partial charge in [-0.1, -0.05) is 13.0 Å². The number of hydrogen-bond donors (Lipinski definition) is 2. The number of aryl methyl sites for hydroxylation is 1. The minimum Gasteiger partial charge on any atom is -0.494 e. The zero-order chi connectivity index (χ0) is 22.7. The van der Waals surface area contributed by atoms with Gasteiger partial charge in [0.2, 0.25) is 5.91 Å². The number of benzene rings is 1. The molecule has 1 saturated heterocycles. The molecule has 1 aliphatic rings. The van der Waals surface area contributed by atoms with Gasteiger partial charge in [0.25, 0.3) is 0 Å². The SMILES string of the molecule is CCC(=O)Nc1ccc(N2C(=S)NC(c3ccccn3)C2c2cccn2CC)cc1OC. The molecule has 0 aliphatic carbocycles. The van der Waals surface area contributed by atoms with Gasteiger partial charge in [0.05, 0.1) is 24.5 Å². The van der Waals surface area contributed by atoms with Crippen molar-refractivity contribution >= 4 is 34.6 Å². The van der Waals surface area contributed by atoms with Gasteiger partial charge < -0.3 is 24.8 Å². The van der Waals surface area contributed by atoms with Gasteiger partial charge in [0, 0.05) is 42.8 Å². The summed E-state index contributed by atoms with van der Waals surface area (Å²) >= 11 is 5.80. The van der Waals surface area contributed by atoms with Crippen LogP contribution in [0.5, 0.6) is 5.75 Å². The fraction of sp³-hybridized carbons (Fsp3) is 0.292. The standard InChI is InChI=1S/C24H27N5O2S/c1-4-21(30)26-17-12-11-16(15-20(17)31-3)29-23(19-10-8-14-28(19)5-2)22(27-24(29)32)18-9-6-7-13-25-18/h6-15,22-23H,4-5H2,1-3H3,(H,26,30)(H,27,32). The Morgan fingerprint density at radius 3 is 2.75 bits per heavy atom. The summed E-state index contributed by atoms with van der Waals surface area (Å²) in [7, 11) is 1.59. The molecule has 3 heterocycles. The molecule has 2 atom stereocenters. The Morgan fingerprint density at radius 1 is 1.22 bits per heavy atom. The fourth-order valence-corrected chi connectivity index (χ4v) is 4.43. The molecule has 1 aromatic carbocycles. The van der Waals surface area contributed by atoms with Crippen LogP contribution in [0.4, 0.5) is 11.4 Å². The second kappa shape index (κ2) is 9.40. The number of methoxy groups -OCH3 is 1. The third-order valence-electron chi connectivity index (χ3n) is 5.66. The molecular formula is C24H27N5O2S. The van der Waals surface area contributed by atoms with Gasteiger partial charge in [-0.05, 0) is 55.5 Å². The maximum atomic E-state index is 11.9. The highest BCUT2D eigenvalue weighted by Gasteiger charge is 2.42. The number of ether oxygens (including phenoxy) is 1. The first-order chi connectivity index (χ1) is 15.6. The van der Waals surface area contributed by atoms with Gasteiger partial charge in [0.15, 0.2) is 5.11 Å². The molecule has 166 valence electrons. The Hall–Kier alpha value is -3.39. The number of pyridine rings is 1. The summed E-state index contributed by atoms with van der Waals surface area (Å²) in [6, 6.07) is 15.6. The minimum atomic E-state index is -0.116. The number of anilines is 2. The summed E-state index contributed by atoms with van der Waals surface area (Å²) in [6.07, 6.45) is 4.27. The van der Waals surface area contributed by atoms with E-state index in [9.17, 15) is 4.79 Å². The van der Waals surface area contributed by atoms with Gasteiger partial charge in [-0.25, -0.2) is 0 Å². The van der Waals surface area contributed by atoms with Crippen molar-refractivity contribution in [3.8, 4) is 5.75 Å². The average molecular weight is 450 g/mol. The van der Waals surface area contributed by atoms with Crippen molar-refractivity contribution in [2.45, 2.75) is 38.9 Å². The molecule has 0 spiro atoms. The number of rotatable bonds is 7. The molecule has 0 saturated carbocycles. The molecule has 2 aromatic heterocycles. The van der Waals surface area contributed by atoms with E-state index in [0.717, 1.165) is 23.6 Å². The van der Waals surface area contributed by atoms with E-state index in [2.05, 4.69) is 50.3 Å². The Morgan fingerprint density at radius 2 is 2.06 bits per heavy atom. The predicted molar refractivity (Wildman–Crippen MR) is 130 cm³/mol. The van der Waals surface area contributed by atoms with E-state index < -0.39 is 0 Å². The topological polar surface area (TPSA) is 71.4 Å². The molecule has 0 bridgehead atoms. The van der Waals surface area contributed by atoms with E-state index in [4.69, 9.17) is 17.0 Å². The molecule has 1 amide bonds. The number of nitrogens with one attached hydrogen (secondary N) is 2. The lowest BCUT2D eigenvalue weighted by molar-refractivity contribution is -0.115. The summed E-state index contributed by atoms with van der Waals surface area (Å²) in [5.74, 6) is 0.515. The number of carbonyl (C=O) groups excluding carboxylic acids is 1. The summed E-state index contributed by atoms with van der Waals surface area (Å²) in [5.41, 5.74) is 3.57. The van der Waals surface area contributed by atoms with Crippen LogP contribution in [-0.4, -0.2) is 27.7 Å². The van der Waals surface area contributed by atoms with Crippen molar-refractivity contribution in [1.82, 2.24) is 14.9 Å². The van der Waals surface area contributed by atoms with E-state index in [-0.39, 0.29) is 18.0 Å². The monoisotopic (exact) mass is 449 g/mol. The maximum Gasteiger partial charge on any atom is 0.224 e. The van der Waals surface area contributed by atoms with Crippen LogP contribution in [0.2, 0.25) is 0 Å². The Balaban J connectivity index is 1.79. The van der Waals surface area contributed by atoms with E-state index >= 15 is 0 Å². The molecule has 2 N–H and O–H groups in total. The average Bonchev–Trinajstić information content (AvgIpc) is 3.43. The number of carbonyl (C=O) groups is 1. The Bertz CT molecular complexity index is 1110. The smallest absolute Gasteiger partial charge is 0.224 e. The molecule has 8 heteroatoms. The number of thiocarbonyl (C=S) groups is 1. The van der Waals surface area contributed by atoms with Crippen LogP contribution in [0, 0.1) is 0 Å². The van der Waals surface area contributed by atoms with Gasteiger partial charge in [0.1, 0.15) is 11.8 Å². The van der Waals surface area contributed by atoms with Crippen LogP contribution in [0.25, 0.3) is 0 Å². The first-order valence-corrected chi connectivity index (χ1v) is 11.1. The van der Waals surface area contributed by atoms with Crippen LogP contribution >= 0.6 is 12.2 Å². The quantitative estimate of drug-likeness (QED) is 0.520. The molecule has 7 nitrogen and oxygen atoms in total. The number of hydrogen-bond acceptors (Lipinski definition) is 4. The molecule has 1 fully saturated rings. The van der Waals surface area contributed by atoms with Gasteiger partial charge in [-0.2, -0.15) is 0 Å². The lowest BCUT2D eigenvalue weighted by Crippen LogP contribution is -2.30. The van der Waals surface area contributed by atoms with E-state index in [1.807, 2.05) is 43.3 Å². The van der Waals surface area contributed by atoms with Crippen molar-refractivity contribution in [3.05, 3.63) is 72.3 Å². The predicted octanol–water partition coefficient (Wildman–Crippen LogP) is 4.44. The van der Waals surface area contributed by atoms with Crippen LogP contribution in [0.3, 0.4) is 0 Å². The van der Waals surface area contributed by atoms with E-state index in [1.54, 1.807) is 13.3 Å². The second-order valence-electron chi connectivity index (χ2n) is 7.50. The lowest BCUT2D eigenvalue weighted by atomic mass is 10.0. The van der Waals surface area contributed by atoms with Crippen LogP contribution in [0.15, 0.2) is 60.9 Å². The van der Waals surface area contributed by atoms with Gasteiger partial charge in [-0.3, -0.25) is 9.78 Å². The minimum absolute atomic E-state index is 0.0664. The van der Waals surface area contributed by atoms with Crippen molar-refractivity contribution in [2.24, 2.45) is 0 Å².